The summed E-state index contributed by atoms with van der Waals surface area (Å²) in [5, 5.41) is 21.6. The highest BCUT2D eigenvalue weighted by molar-refractivity contribution is 9.10. The molecule has 9 nitrogen and oxygen atoms in total. The molecule has 0 saturated carbocycles. The van der Waals surface area contributed by atoms with Gasteiger partial charge in [-0.05, 0) is 53.6 Å². The molecule has 3 aromatic carbocycles. The Morgan fingerprint density at radius 3 is 2.46 bits per heavy atom. The van der Waals surface area contributed by atoms with Crippen molar-refractivity contribution in [1.29, 1.82) is 0 Å². The highest BCUT2D eigenvalue weighted by atomic mass is 79.9. The van der Waals surface area contributed by atoms with E-state index in [0.717, 1.165) is 15.6 Å². The van der Waals surface area contributed by atoms with E-state index in [1.807, 2.05) is 48.5 Å². The van der Waals surface area contributed by atoms with Crippen LogP contribution < -0.4 is 15.2 Å². The first-order chi connectivity index (χ1) is 22.2. The van der Waals surface area contributed by atoms with E-state index in [9.17, 15) is 24.6 Å². The number of ether oxygens (including phenoxy) is 1. The smallest absolute Gasteiger partial charge is 0.297 e. The molecule has 1 aliphatic heterocycles. The average molecular weight is 687 g/mol. The summed E-state index contributed by atoms with van der Waals surface area (Å²) in [6.07, 6.45) is 5.09. The number of rotatable bonds is 12. The van der Waals surface area contributed by atoms with Gasteiger partial charge in [0.1, 0.15) is 0 Å². The van der Waals surface area contributed by atoms with E-state index in [4.69, 9.17) is 4.74 Å². The lowest BCUT2D eigenvalue weighted by Crippen LogP contribution is -2.44. The third kappa shape index (κ3) is 6.69. The molecule has 0 spiro atoms. The first-order valence-electron chi connectivity index (χ1n) is 15.0. The number of nitrogens with zero attached hydrogens (tertiary/aromatic N) is 3. The zero-order valence-corrected chi connectivity index (χ0v) is 27.3. The van der Waals surface area contributed by atoms with Crippen molar-refractivity contribution in [1.82, 2.24) is 9.47 Å². The van der Waals surface area contributed by atoms with Crippen molar-refractivity contribution in [3.63, 3.8) is 0 Å². The molecule has 0 radical (unpaired) electrons. The molecule has 0 bridgehead atoms. The number of aliphatic hydroxyl groups excluding tert-OH is 1. The number of hydrogen-bond acceptors (Lipinski definition) is 6. The van der Waals surface area contributed by atoms with Gasteiger partial charge >= 0.3 is 0 Å². The fourth-order valence-corrected chi connectivity index (χ4v) is 6.07. The molecule has 0 saturated heterocycles. The van der Waals surface area contributed by atoms with Gasteiger partial charge in [0, 0.05) is 47.3 Å². The highest BCUT2D eigenvalue weighted by Crippen LogP contribution is 2.46. The van der Waals surface area contributed by atoms with Gasteiger partial charge in [0.15, 0.2) is 11.4 Å². The molecule has 0 unspecified atom stereocenters. The average Bonchev–Trinajstić information content (AvgIpc) is 3.27. The maximum Gasteiger partial charge on any atom is 0.297 e. The van der Waals surface area contributed by atoms with Crippen LogP contribution in [0.5, 0.6) is 5.75 Å². The van der Waals surface area contributed by atoms with E-state index < -0.39 is 17.4 Å². The van der Waals surface area contributed by atoms with Crippen LogP contribution in [0.2, 0.25) is 0 Å². The summed E-state index contributed by atoms with van der Waals surface area (Å²) >= 11 is 3.48. The van der Waals surface area contributed by atoms with Gasteiger partial charge in [-0.25, -0.2) is 0 Å². The van der Waals surface area contributed by atoms with Gasteiger partial charge in [-0.2, -0.15) is 0 Å². The minimum Gasteiger partial charge on any atom is -0.491 e. The summed E-state index contributed by atoms with van der Waals surface area (Å²) in [6, 6.07) is 25.5. The Labute approximate surface area is 276 Å². The first-order valence-corrected chi connectivity index (χ1v) is 15.7. The lowest BCUT2D eigenvalue weighted by Gasteiger charge is -2.28. The summed E-state index contributed by atoms with van der Waals surface area (Å²) in [5.74, 6) is -1.06. The molecule has 4 aromatic rings. The Kier molecular flexibility index (Phi) is 10.2. The van der Waals surface area contributed by atoms with Crippen molar-refractivity contribution in [2.24, 2.45) is 5.92 Å². The zero-order chi connectivity index (χ0) is 32.8. The van der Waals surface area contributed by atoms with Gasteiger partial charge in [-0.1, -0.05) is 77.5 Å². The van der Waals surface area contributed by atoms with Crippen molar-refractivity contribution in [2.45, 2.75) is 32.0 Å². The molecule has 5 rings (SSSR count). The van der Waals surface area contributed by atoms with Crippen LogP contribution in [0.15, 0.2) is 113 Å². The number of methoxy groups -OCH3 is 1. The topological polar surface area (TPSA) is 112 Å². The van der Waals surface area contributed by atoms with E-state index >= 15 is 0 Å². The minimum absolute atomic E-state index is 0.0548. The quantitative estimate of drug-likeness (QED) is 0.204. The second-order valence-electron chi connectivity index (χ2n) is 11.2. The van der Waals surface area contributed by atoms with Crippen LogP contribution in [0.4, 0.5) is 5.69 Å². The second-order valence-corrected chi connectivity index (χ2v) is 12.1. The molecule has 238 valence electrons. The summed E-state index contributed by atoms with van der Waals surface area (Å²) in [4.78, 5) is 42.9. The molecular formula is C36H36BrN3O6. The highest BCUT2D eigenvalue weighted by Gasteiger charge is 2.52. The van der Waals surface area contributed by atoms with E-state index in [1.54, 1.807) is 71.5 Å². The molecule has 2 heterocycles. The van der Waals surface area contributed by atoms with Crippen LogP contribution in [0, 0.1) is 5.92 Å². The molecule has 46 heavy (non-hydrogen) atoms. The molecular weight excluding hydrogens is 650 g/mol. The Bertz CT molecular complexity index is 1790. The van der Waals surface area contributed by atoms with E-state index in [1.165, 1.54) is 11.7 Å². The number of benzene rings is 3. The number of hydrogen-bond donors (Lipinski definition) is 2. The lowest BCUT2D eigenvalue weighted by molar-refractivity contribution is -0.139. The van der Waals surface area contributed by atoms with Crippen LogP contribution in [-0.2, 0) is 28.3 Å². The Balaban J connectivity index is 1.33. The van der Waals surface area contributed by atoms with Crippen LogP contribution in [0.25, 0.3) is 5.69 Å². The third-order valence-corrected chi connectivity index (χ3v) is 8.73. The predicted molar refractivity (Wildman–Crippen MR) is 180 cm³/mol. The fraction of sp³-hybridized carbons (Fsp3) is 0.250. The summed E-state index contributed by atoms with van der Waals surface area (Å²) in [5.41, 5.74) is 1.34. The minimum atomic E-state index is -1.86. The molecule has 1 aliphatic rings. The Hall–Kier alpha value is -4.51. The lowest BCUT2D eigenvalue weighted by atomic mass is 9.83. The number of aromatic nitrogens is 1. The molecule has 0 fully saturated rings. The van der Waals surface area contributed by atoms with Crippen LogP contribution in [-0.4, -0.2) is 51.8 Å². The first kappa shape index (κ1) is 32.9. The molecule has 10 heteroatoms. The van der Waals surface area contributed by atoms with Gasteiger partial charge in [-0.3, -0.25) is 19.0 Å². The van der Waals surface area contributed by atoms with E-state index in [0.29, 0.717) is 23.5 Å². The maximum atomic E-state index is 14.0. The number of fused-ring (bicyclic) bond motifs is 1. The van der Waals surface area contributed by atoms with E-state index in [2.05, 4.69) is 15.9 Å². The maximum absolute atomic E-state index is 14.0. The fourth-order valence-electron chi connectivity index (χ4n) is 5.71. The number of anilines is 1. The van der Waals surface area contributed by atoms with Crippen molar-refractivity contribution in [2.75, 3.05) is 25.2 Å². The standard InChI is InChI=1S/C36H36BrN3O6/c1-25(8-6-12-33(42)38(20-21-41)23-26-9-4-3-5-10-26)36(45)30-22-28(37)15-18-31(30)40(35(36)44)24-27-13-16-29(17-14-27)39-19-7-11-32(46-2)34(39)43/h3-11,13-19,22,25,41,45H,12,20-21,23-24H2,1-2H3/b8-6+/t25-,36+/m1/s1. The monoisotopic (exact) mass is 685 g/mol. The second kappa shape index (κ2) is 14.3. The van der Waals surface area contributed by atoms with Crippen molar-refractivity contribution in [3.8, 4) is 11.4 Å². The predicted octanol–water partition coefficient (Wildman–Crippen LogP) is 4.95. The number of carbonyl (C=O) groups is 2. The summed E-state index contributed by atoms with van der Waals surface area (Å²) < 4.78 is 7.36. The van der Waals surface area contributed by atoms with Crippen molar-refractivity contribution in [3.05, 3.63) is 135 Å². The number of carbonyl (C=O) groups excluding carboxylic acids is 2. The summed E-state index contributed by atoms with van der Waals surface area (Å²) in [6.45, 7) is 2.38. The summed E-state index contributed by atoms with van der Waals surface area (Å²) in [7, 11) is 1.45. The van der Waals surface area contributed by atoms with Gasteiger partial charge in [0.25, 0.3) is 11.5 Å². The molecule has 2 amide bonds. The Morgan fingerprint density at radius 1 is 1.02 bits per heavy atom. The van der Waals surface area contributed by atoms with E-state index in [-0.39, 0.29) is 43.3 Å². The molecule has 2 N–H and O–H groups in total. The van der Waals surface area contributed by atoms with Gasteiger partial charge in [0.2, 0.25) is 5.91 Å². The number of aliphatic hydroxyl groups is 2. The van der Waals surface area contributed by atoms with Crippen LogP contribution in [0.1, 0.15) is 30.0 Å². The van der Waals surface area contributed by atoms with Crippen molar-refractivity contribution >= 4 is 33.4 Å². The SMILES string of the molecule is COc1cccn(-c2ccc(CN3C(=O)[C@](O)([C@H](C)/C=C/CC(=O)N(CCO)Cc4ccccc4)c4cc(Br)ccc43)cc2)c1=O. The molecule has 0 aliphatic carbocycles. The van der Waals surface area contributed by atoms with Crippen LogP contribution in [0.3, 0.4) is 0 Å². The third-order valence-electron chi connectivity index (χ3n) is 8.23. The molecule has 1 aromatic heterocycles. The normalized spacial score (nSPS) is 16.5. The van der Waals surface area contributed by atoms with Crippen LogP contribution >= 0.6 is 15.9 Å². The van der Waals surface area contributed by atoms with Gasteiger partial charge in [-0.15, -0.1) is 0 Å². The molecule has 2 atom stereocenters. The van der Waals surface area contributed by atoms with Gasteiger partial charge < -0.3 is 24.7 Å². The number of pyridine rings is 1. The van der Waals surface area contributed by atoms with Gasteiger partial charge in [0.05, 0.1) is 25.9 Å². The number of halogens is 1. The largest absolute Gasteiger partial charge is 0.491 e. The Morgan fingerprint density at radius 2 is 1.76 bits per heavy atom. The number of amides is 2. The zero-order valence-electron chi connectivity index (χ0n) is 25.7. The van der Waals surface area contributed by atoms with Crippen molar-refractivity contribution < 1.29 is 24.5 Å².